The van der Waals surface area contributed by atoms with Crippen molar-refractivity contribution in [2.24, 2.45) is 0 Å². The minimum atomic E-state index is -0.578. The Hall–Kier alpha value is -4.77. The summed E-state index contributed by atoms with van der Waals surface area (Å²) in [4.78, 5) is 27.5. The standard InChI is InChI=1S/C23H14N4O4/c24-14-16(12-15-6-2-1-3-7-15)22(28)25-19-9-5-4-8-18(19)23-26-20-13-17(27(29)30)10-11-21(20)31-23/h1-13H,(H,25,28). The Bertz CT molecular complexity index is 1370. The lowest BCUT2D eigenvalue weighted by Crippen LogP contribution is -2.14. The number of hydrogen-bond donors (Lipinski definition) is 1. The smallest absolute Gasteiger partial charge is 0.271 e. The van der Waals surface area contributed by atoms with E-state index in [1.165, 1.54) is 24.3 Å². The topological polar surface area (TPSA) is 122 Å². The highest BCUT2D eigenvalue weighted by molar-refractivity contribution is 6.11. The molecule has 0 radical (unpaired) electrons. The van der Waals surface area contributed by atoms with E-state index >= 15 is 0 Å². The minimum absolute atomic E-state index is 0.0609. The van der Waals surface area contributed by atoms with Gasteiger partial charge in [-0.1, -0.05) is 42.5 Å². The Kier molecular flexibility index (Phi) is 5.24. The summed E-state index contributed by atoms with van der Waals surface area (Å²) in [6.45, 7) is 0. The van der Waals surface area contributed by atoms with Gasteiger partial charge in [0.2, 0.25) is 5.89 Å². The van der Waals surface area contributed by atoms with E-state index in [0.717, 1.165) is 5.56 Å². The lowest BCUT2D eigenvalue weighted by molar-refractivity contribution is -0.384. The molecule has 4 rings (SSSR count). The number of nitrogens with zero attached hydrogens (tertiary/aromatic N) is 3. The van der Waals surface area contributed by atoms with Gasteiger partial charge < -0.3 is 9.73 Å². The highest BCUT2D eigenvalue weighted by Crippen LogP contribution is 2.31. The van der Waals surface area contributed by atoms with Gasteiger partial charge in [0.1, 0.15) is 17.2 Å². The number of nitro groups is 1. The van der Waals surface area contributed by atoms with Gasteiger partial charge in [0, 0.05) is 12.1 Å². The molecule has 8 heteroatoms. The third-order valence-corrected chi connectivity index (χ3v) is 4.46. The second-order valence-corrected chi connectivity index (χ2v) is 6.51. The molecular weight excluding hydrogens is 396 g/mol. The van der Waals surface area contributed by atoms with Crippen LogP contribution in [0.3, 0.4) is 0 Å². The van der Waals surface area contributed by atoms with Gasteiger partial charge in [-0.05, 0) is 29.8 Å². The van der Waals surface area contributed by atoms with E-state index in [9.17, 15) is 20.2 Å². The molecule has 0 aliphatic carbocycles. The lowest BCUT2D eigenvalue weighted by Gasteiger charge is -2.08. The van der Waals surface area contributed by atoms with Crippen molar-refractivity contribution in [2.75, 3.05) is 5.32 Å². The summed E-state index contributed by atoms with van der Waals surface area (Å²) in [5.41, 5.74) is 2.14. The second-order valence-electron chi connectivity index (χ2n) is 6.51. The predicted molar refractivity (Wildman–Crippen MR) is 115 cm³/mol. The number of carbonyl (C=O) groups is 1. The fraction of sp³-hybridized carbons (Fsp3) is 0. The van der Waals surface area contributed by atoms with Crippen molar-refractivity contribution in [3.63, 3.8) is 0 Å². The molecule has 8 nitrogen and oxygen atoms in total. The summed E-state index contributed by atoms with van der Waals surface area (Å²) in [5.74, 6) is -0.387. The molecule has 0 spiro atoms. The van der Waals surface area contributed by atoms with Crippen LogP contribution in [0.15, 0.2) is 82.8 Å². The highest BCUT2D eigenvalue weighted by atomic mass is 16.6. The maximum absolute atomic E-state index is 12.7. The van der Waals surface area contributed by atoms with Crippen LogP contribution in [-0.2, 0) is 4.79 Å². The van der Waals surface area contributed by atoms with Crippen LogP contribution in [0, 0.1) is 21.4 Å². The third-order valence-electron chi connectivity index (χ3n) is 4.46. The molecule has 1 heterocycles. The summed E-state index contributed by atoms with van der Waals surface area (Å²) < 4.78 is 5.73. The number of aromatic nitrogens is 1. The first-order valence-corrected chi connectivity index (χ1v) is 9.18. The number of fused-ring (bicyclic) bond motifs is 1. The van der Waals surface area contributed by atoms with Crippen LogP contribution in [-0.4, -0.2) is 15.8 Å². The molecule has 0 aliphatic heterocycles. The van der Waals surface area contributed by atoms with Crippen LogP contribution < -0.4 is 5.32 Å². The Balaban J connectivity index is 1.67. The molecule has 1 N–H and O–H groups in total. The van der Waals surface area contributed by atoms with Crippen LogP contribution in [0.1, 0.15) is 5.56 Å². The van der Waals surface area contributed by atoms with Gasteiger partial charge in [-0.2, -0.15) is 5.26 Å². The number of nitriles is 1. The fourth-order valence-electron chi connectivity index (χ4n) is 2.98. The molecule has 0 unspecified atom stereocenters. The van der Waals surface area contributed by atoms with Crippen LogP contribution in [0.5, 0.6) is 0 Å². The molecule has 31 heavy (non-hydrogen) atoms. The zero-order valence-corrected chi connectivity index (χ0v) is 16.0. The Morgan fingerprint density at radius 2 is 1.84 bits per heavy atom. The number of non-ortho nitro benzene ring substituents is 1. The largest absolute Gasteiger partial charge is 0.436 e. The minimum Gasteiger partial charge on any atom is -0.436 e. The van der Waals surface area contributed by atoms with Crippen LogP contribution in [0.25, 0.3) is 28.6 Å². The number of benzene rings is 3. The average Bonchev–Trinajstić information content (AvgIpc) is 3.21. The summed E-state index contributed by atoms with van der Waals surface area (Å²) in [5, 5.41) is 23.1. The first-order valence-electron chi connectivity index (χ1n) is 9.18. The number of hydrogen-bond acceptors (Lipinski definition) is 6. The number of anilines is 1. The molecule has 0 bridgehead atoms. The Morgan fingerprint density at radius 1 is 1.10 bits per heavy atom. The van der Waals surface area contributed by atoms with Gasteiger partial charge in [0.05, 0.1) is 16.2 Å². The molecule has 150 valence electrons. The van der Waals surface area contributed by atoms with Crippen molar-refractivity contribution in [3.8, 4) is 17.5 Å². The number of nitrogens with one attached hydrogen (secondary N) is 1. The van der Waals surface area contributed by atoms with Crippen molar-refractivity contribution >= 4 is 34.5 Å². The number of carbonyl (C=O) groups excluding carboxylic acids is 1. The molecule has 3 aromatic carbocycles. The van der Waals surface area contributed by atoms with Gasteiger partial charge in [0.15, 0.2) is 5.58 Å². The molecule has 0 atom stereocenters. The maximum atomic E-state index is 12.7. The van der Waals surface area contributed by atoms with Gasteiger partial charge in [0.25, 0.3) is 11.6 Å². The molecule has 4 aromatic rings. The van der Waals surface area contributed by atoms with E-state index < -0.39 is 10.8 Å². The molecule has 0 fully saturated rings. The van der Waals surface area contributed by atoms with Crippen molar-refractivity contribution < 1.29 is 14.1 Å². The van der Waals surface area contributed by atoms with Gasteiger partial charge in [-0.25, -0.2) is 4.98 Å². The van der Waals surface area contributed by atoms with E-state index in [4.69, 9.17) is 4.42 Å². The number of nitro benzene ring substituents is 1. The lowest BCUT2D eigenvalue weighted by atomic mass is 10.1. The number of rotatable bonds is 5. The van der Waals surface area contributed by atoms with Crippen LogP contribution in [0.4, 0.5) is 11.4 Å². The van der Waals surface area contributed by atoms with Crippen LogP contribution in [0.2, 0.25) is 0 Å². The van der Waals surface area contributed by atoms with Crippen molar-refractivity contribution in [1.29, 1.82) is 5.26 Å². The molecular formula is C23H14N4O4. The summed E-state index contributed by atoms with van der Waals surface area (Å²) in [7, 11) is 0. The molecule has 0 saturated carbocycles. The maximum Gasteiger partial charge on any atom is 0.271 e. The van der Waals surface area contributed by atoms with Crippen molar-refractivity contribution in [2.45, 2.75) is 0 Å². The highest BCUT2D eigenvalue weighted by Gasteiger charge is 2.17. The fourth-order valence-corrected chi connectivity index (χ4v) is 2.98. The van der Waals surface area contributed by atoms with E-state index in [1.807, 2.05) is 24.3 Å². The predicted octanol–water partition coefficient (Wildman–Crippen LogP) is 4.95. The average molecular weight is 410 g/mol. The number of amides is 1. The summed E-state index contributed by atoms with van der Waals surface area (Å²) in [6, 6.07) is 21.9. The zero-order chi connectivity index (χ0) is 21.8. The molecule has 1 amide bonds. The van der Waals surface area contributed by atoms with Gasteiger partial charge in [-0.15, -0.1) is 0 Å². The van der Waals surface area contributed by atoms with E-state index in [1.54, 1.807) is 36.4 Å². The SMILES string of the molecule is N#CC(=Cc1ccccc1)C(=O)Nc1ccccc1-c1nc2cc([N+](=O)[O-])ccc2o1. The second kappa shape index (κ2) is 8.31. The third kappa shape index (κ3) is 4.16. The molecule has 1 aromatic heterocycles. The Morgan fingerprint density at radius 3 is 2.58 bits per heavy atom. The van der Waals surface area contributed by atoms with E-state index in [0.29, 0.717) is 22.4 Å². The van der Waals surface area contributed by atoms with E-state index in [2.05, 4.69) is 10.3 Å². The zero-order valence-electron chi connectivity index (χ0n) is 16.0. The Labute approximate surface area is 176 Å². The van der Waals surface area contributed by atoms with Crippen LogP contribution >= 0.6 is 0 Å². The van der Waals surface area contributed by atoms with Gasteiger partial charge >= 0.3 is 0 Å². The van der Waals surface area contributed by atoms with Crippen molar-refractivity contribution in [1.82, 2.24) is 4.98 Å². The number of para-hydroxylation sites is 1. The summed E-state index contributed by atoms with van der Waals surface area (Å²) in [6.07, 6.45) is 1.50. The molecule has 0 saturated heterocycles. The van der Waals surface area contributed by atoms with Crippen molar-refractivity contribution in [3.05, 3.63) is 94.0 Å². The monoisotopic (exact) mass is 410 g/mol. The first kappa shape index (κ1) is 19.5. The quantitative estimate of drug-likeness (QED) is 0.215. The number of oxazole rings is 1. The normalized spacial score (nSPS) is 11.1. The van der Waals surface area contributed by atoms with Gasteiger partial charge in [-0.3, -0.25) is 14.9 Å². The first-order chi connectivity index (χ1) is 15.0. The molecule has 0 aliphatic rings. The summed E-state index contributed by atoms with van der Waals surface area (Å²) >= 11 is 0. The van der Waals surface area contributed by atoms with E-state index in [-0.39, 0.29) is 17.2 Å².